The lowest BCUT2D eigenvalue weighted by molar-refractivity contribution is -0.136. The van der Waals surface area contributed by atoms with E-state index in [1.54, 1.807) is 0 Å². The molecule has 0 saturated carbocycles. The summed E-state index contributed by atoms with van der Waals surface area (Å²) >= 11 is 0. The maximum atomic E-state index is 2.73. The third-order valence-corrected chi connectivity index (χ3v) is 4.40. The molecule has 0 aromatic rings. The van der Waals surface area contributed by atoms with Gasteiger partial charge in [0.2, 0.25) is 0 Å². The van der Waals surface area contributed by atoms with E-state index in [-0.39, 0.29) is 0 Å². The predicted octanol–water partition coefficient (Wildman–Crippen LogP) is 3.30. The first kappa shape index (κ1) is 10.5. The molecule has 0 spiro atoms. The highest BCUT2D eigenvalue weighted by molar-refractivity contribution is 5.06. The minimum Gasteiger partial charge on any atom is -0.297 e. The monoisotopic (exact) mass is 195 g/mol. The maximum absolute atomic E-state index is 2.73. The quantitative estimate of drug-likeness (QED) is 0.650. The highest BCUT2D eigenvalue weighted by atomic mass is 15.3. The lowest BCUT2D eigenvalue weighted by atomic mass is 9.67. The van der Waals surface area contributed by atoms with Crippen LogP contribution in [0, 0.1) is 11.8 Å². The molecule has 1 heteroatoms. The summed E-state index contributed by atoms with van der Waals surface area (Å²) in [5.41, 5.74) is 0. The van der Waals surface area contributed by atoms with Crippen molar-refractivity contribution in [3.63, 3.8) is 0 Å². The number of piperidine rings is 1. The van der Waals surface area contributed by atoms with Gasteiger partial charge in [0.25, 0.3) is 0 Å². The van der Waals surface area contributed by atoms with Crippen LogP contribution in [-0.4, -0.2) is 23.5 Å². The molecule has 4 atom stereocenters. The molecule has 0 bridgehead atoms. The summed E-state index contributed by atoms with van der Waals surface area (Å²) in [6, 6.07) is 1.95. The van der Waals surface area contributed by atoms with Gasteiger partial charge in [-0.15, -0.1) is 0 Å². The van der Waals surface area contributed by atoms with Gasteiger partial charge in [0.05, 0.1) is 0 Å². The summed E-state index contributed by atoms with van der Waals surface area (Å²) < 4.78 is 0. The Balaban J connectivity index is 1.79. The van der Waals surface area contributed by atoms with E-state index >= 15 is 0 Å². The van der Waals surface area contributed by atoms with Crippen LogP contribution in [0.5, 0.6) is 0 Å². The molecule has 0 aliphatic carbocycles. The van der Waals surface area contributed by atoms with Crippen LogP contribution in [0.1, 0.15) is 52.9 Å². The first-order chi connectivity index (χ1) is 6.77. The normalized spacial score (nSPS) is 38.4. The maximum Gasteiger partial charge on any atom is 0.0154 e. The van der Waals surface area contributed by atoms with Crippen molar-refractivity contribution < 1.29 is 0 Å². The Bertz CT molecular complexity index is 190. The molecule has 2 fully saturated rings. The molecule has 14 heavy (non-hydrogen) atoms. The van der Waals surface area contributed by atoms with Gasteiger partial charge < -0.3 is 0 Å². The fourth-order valence-electron chi connectivity index (χ4n) is 3.63. The highest BCUT2D eigenvalue weighted by Gasteiger charge is 2.51. The van der Waals surface area contributed by atoms with Crippen LogP contribution < -0.4 is 0 Å². The van der Waals surface area contributed by atoms with Gasteiger partial charge in [-0.3, -0.25) is 4.90 Å². The molecular weight excluding hydrogens is 170 g/mol. The SMILES string of the molecule is CCCC(C)C[C@H]1C(CC)N2CCC12. The van der Waals surface area contributed by atoms with Gasteiger partial charge in [0.1, 0.15) is 0 Å². The third-order valence-electron chi connectivity index (χ3n) is 4.40. The molecule has 0 N–H and O–H groups in total. The first-order valence-electron chi connectivity index (χ1n) is 6.53. The standard InChI is InChI=1S/C13H25N/c1-4-6-10(3)9-11-12(5-2)14-8-7-13(11)14/h10-13H,4-9H2,1-3H3/t10?,11-,12?,13?/m0/s1. The van der Waals surface area contributed by atoms with Crippen molar-refractivity contribution in [2.45, 2.75) is 65.0 Å². The second-order valence-electron chi connectivity index (χ2n) is 5.36. The lowest BCUT2D eigenvalue weighted by Crippen LogP contribution is -2.71. The fourth-order valence-corrected chi connectivity index (χ4v) is 3.63. The zero-order chi connectivity index (χ0) is 10.1. The summed E-state index contributed by atoms with van der Waals surface area (Å²) in [6.45, 7) is 8.50. The van der Waals surface area contributed by atoms with Crippen LogP contribution in [0.25, 0.3) is 0 Å². The van der Waals surface area contributed by atoms with Gasteiger partial charge in [0, 0.05) is 18.6 Å². The van der Waals surface area contributed by atoms with Crippen LogP contribution in [0.2, 0.25) is 0 Å². The molecule has 0 aromatic carbocycles. The Hall–Kier alpha value is -0.0400. The molecule has 82 valence electrons. The van der Waals surface area contributed by atoms with Gasteiger partial charge >= 0.3 is 0 Å². The van der Waals surface area contributed by atoms with Gasteiger partial charge in [-0.05, 0) is 31.1 Å². The summed E-state index contributed by atoms with van der Waals surface area (Å²) in [5.74, 6) is 2.01. The average Bonchev–Trinajstić information content (AvgIpc) is 2.11. The number of fused-ring (bicyclic) bond motifs is 1. The zero-order valence-electron chi connectivity index (χ0n) is 10.00. The number of hydrogen-bond donors (Lipinski definition) is 0. The molecular formula is C13H25N. The Morgan fingerprint density at radius 3 is 2.64 bits per heavy atom. The summed E-state index contributed by atoms with van der Waals surface area (Å²) in [7, 11) is 0. The van der Waals surface area contributed by atoms with Crippen molar-refractivity contribution >= 4 is 0 Å². The largest absolute Gasteiger partial charge is 0.297 e. The fraction of sp³-hybridized carbons (Fsp3) is 1.00. The van der Waals surface area contributed by atoms with Crippen LogP contribution in [0.4, 0.5) is 0 Å². The number of hydrogen-bond acceptors (Lipinski definition) is 1. The zero-order valence-corrected chi connectivity index (χ0v) is 10.00. The molecule has 2 aliphatic heterocycles. The molecule has 0 radical (unpaired) electrons. The van der Waals surface area contributed by atoms with Gasteiger partial charge in [-0.2, -0.15) is 0 Å². The van der Waals surface area contributed by atoms with Crippen molar-refractivity contribution in [3.8, 4) is 0 Å². The van der Waals surface area contributed by atoms with Crippen LogP contribution in [0.15, 0.2) is 0 Å². The van der Waals surface area contributed by atoms with Gasteiger partial charge in [-0.25, -0.2) is 0 Å². The van der Waals surface area contributed by atoms with E-state index in [0.717, 1.165) is 23.9 Å². The van der Waals surface area contributed by atoms with E-state index < -0.39 is 0 Å². The van der Waals surface area contributed by atoms with Crippen LogP contribution in [0.3, 0.4) is 0 Å². The lowest BCUT2D eigenvalue weighted by Gasteiger charge is -2.63. The molecule has 2 rings (SSSR count). The van der Waals surface area contributed by atoms with Crippen LogP contribution >= 0.6 is 0 Å². The van der Waals surface area contributed by atoms with E-state index in [9.17, 15) is 0 Å². The summed E-state index contributed by atoms with van der Waals surface area (Å²) in [4.78, 5) is 2.73. The van der Waals surface area contributed by atoms with Crippen molar-refractivity contribution in [2.24, 2.45) is 11.8 Å². The molecule has 0 amide bonds. The minimum absolute atomic E-state index is 0.952. The third kappa shape index (κ3) is 1.60. The molecule has 3 unspecified atom stereocenters. The summed E-state index contributed by atoms with van der Waals surface area (Å²) in [5, 5.41) is 0. The molecule has 0 aromatic heterocycles. The Labute approximate surface area is 88.9 Å². The van der Waals surface area contributed by atoms with Gasteiger partial charge in [0.15, 0.2) is 0 Å². The Morgan fingerprint density at radius 1 is 1.36 bits per heavy atom. The number of rotatable bonds is 5. The molecule has 2 saturated heterocycles. The second-order valence-corrected chi connectivity index (χ2v) is 5.36. The van der Waals surface area contributed by atoms with Gasteiger partial charge in [-0.1, -0.05) is 33.6 Å². The molecule has 2 aliphatic rings. The van der Waals surface area contributed by atoms with Crippen molar-refractivity contribution in [1.29, 1.82) is 0 Å². The Morgan fingerprint density at radius 2 is 2.14 bits per heavy atom. The first-order valence-corrected chi connectivity index (χ1v) is 6.53. The van der Waals surface area contributed by atoms with E-state index in [2.05, 4.69) is 25.7 Å². The van der Waals surface area contributed by atoms with Crippen molar-refractivity contribution in [1.82, 2.24) is 4.90 Å². The Kier molecular flexibility index (Phi) is 3.16. The van der Waals surface area contributed by atoms with Crippen molar-refractivity contribution in [3.05, 3.63) is 0 Å². The van der Waals surface area contributed by atoms with E-state index in [4.69, 9.17) is 0 Å². The van der Waals surface area contributed by atoms with E-state index in [0.29, 0.717) is 0 Å². The number of nitrogens with zero attached hydrogens (tertiary/aromatic N) is 1. The predicted molar refractivity (Wildman–Crippen MR) is 61.4 cm³/mol. The topological polar surface area (TPSA) is 3.24 Å². The van der Waals surface area contributed by atoms with Crippen LogP contribution in [-0.2, 0) is 0 Å². The minimum atomic E-state index is 0.952. The van der Waals surface area contributed by atoms with E-state index in [1.807, 2.05) is 0 Å². The smallest absolute Gasteiger partial charge is 0.0154 e. The molecule has 2 heterocycles. The summed E-state index contributed by atoms with van der Waals surface area (Å²) in [6.07, 6.45) is 7.15. The van der Waals surface area contributed by atoms with Crippen molar-refractivity contribution in [2.75, 3.05) is 6.54 Å². The van der Waals surface area contributed by atoms with E-state index in [1.165, 1.54) is 38.6 Å². The molecule has 1 nitrogen and oxygen atoms in total. The average molecular weight is 195 g/mol. The highest BCUT2D eigenvalue weighted by Crippen LogP contribution is 2.46. The second kappa shape index (κ2) is 4.22.